The number of nitrogens with one attached hydrogen (secondary N) is 2. The van der Waals surface area contributed by atoms with E-state index in [4.69, 9.17) is 4.42 Å². The summed E-state index contributed by atoms with van der Waals surface area (Å²) in [5.74, 6) is 1.47. The van der Waals surface area contributed by atoms with Crippen molar-refractivity contribution in [3.05, 3.63) is 64.6 Å². The monoisotopic (exact) mass is 269 g/mol. The zero-order chi connectivity index (χ0) is 13.9. The summed E-state index contributed by atoms with van der Waals surface area (Å²) in [5.41, 5.74) is 0.593. The quantitative estimate of drug-likeness (QED) is 0.762. The van der Waals surface area contributed by atoms with Crippen LogP contribution < -0.4 is 10.9 Å². The minimum atomic E-state index is -0.114. The van der Waals surface area contributed by atoms with Gasteiger partial charge >= 0.3 is 0 Å². The lowest BCUT2D eigenvalue weighted by molar-refractivity contribution is 0.453. The van der Waals surface area contributed by atoms with Gasteiger partial charge in [0.05, 0.1) is 29.8 Å². The summed E-state index contributed by atoms with van der Waals surface area (Å²) in [6.07, 6.45) is 1.64. The van der Waals surface area contributed by atoms with Gasteiger partial charge in [0, 0.05) is 0 Å². The predicted molar refractivity (Wildman–Crippen MR) is 76.3 cm³/mol. The maximum absolute atomic E-state index is 12.0. The third-order valence-electron chi connectivity index (χ3n) is 3.20. The zero-order valence-corrected chi connectivity index (χ0v) is 11.1. The third-order valence-corrected chi connectivity index (χ3v) is 3.20. The molecule has 0 fully saturated rings. The van der Waals surface area contributed by atoms with Crippen molar-refractivity contribution in [3.8, 4) is 0 Å². The van der Waals surface area contributed by atoms with Gasteiger partial charge in [-0.15, -0.1) is 0 Å². The number of rotatable bonds is 4. The molecule has 3 aromatic rings. The van der Waals surface area contributed by atoms with E-state index in [0.717, 1.165) is 5.76 Å². The first-order chi connectivity index (χ1) is 9.74. The fraction of sp³-hybridized carbons (Fsp3) is 0.200. The number of hydrogen-bond donors (Lipinski definition) is 2. The number of furan rings is 1. The Bertz CT molecular complexity index is 762. The molecule has 0 saturated carbocycles. The predicted octanol–water partition coefficient (Wildman–Crippen LogP) is 2.37. The number of H-pyrrole nitrogens is 1. The number of hydrogen-bond acceptors (Lipinski definition) is 4. The maximum Gasteiger partial charge on any atom is 0.258 e. The SMILES string of the molecule is C[C@@H](NCc1ccco1)c1nc2ccccc2c(=O)[nH]1. The molecule has 0 amide bonds. The Kier molecular flexibility index (Phi) is 3.35. The van der Waals surface area contributed by atoms with Gasteiger partial charge in [-0.1, -0.05) is 12.1 Å². The van der Waals surface area contributed by atoms with E-state index in [1.807, 2.05) is 37.3 Å². The molecule has 0 bridgehead atoms. The number of benzene rings is 1. The molecular formula is C15H15N3O2. The minimum Gasteiger partial charge on any atom is -0.468 e. The molecule has 2 N–H and O–H groups in total. The van der Waals surface area contributed by atoms with Crippen LogP contribution in [0.25, 0.3) is 10.9 Å². The molecule has 0 aliphatic rings. The first kappa shape index (κ1) is 12.6. The van der Waals surface area contributed by atoms with Gasteiger partial charge in [0.1, 0.15) is 11.6 Å². The van der Waals surface area contributed by atoms with E-state index in [-0.39, 0.29) is 11.6 Å². The minimum absolute atomic E-state index is 0.0718. The molecule has 0 aliphatic carbocycles. The van der Waals surface area contributed by atoms with Crippen molar-refractivity contribution in [3.63, 3.8) is 0 Å². The molecule has 0 radical (unpaired) electrons. The molecular weight excluding hydrogens is 254 g/mol. The lowest BCUT2D eigenvalue weighted by atomic mass is 10.2. The Balaban J connectivity index is 1.84. The van der Waals surface area contributed by atoms with Crippen LogP contribution in [0, 0.1) is 0 Å². The van der Waals surface area contributed by atoms with E-state index < -0.39 is 0 Å². The average Bonchev–Trinajstić information content (AvgIpc) is 2.98. The zero-order valence-electron chi connectivity index (χ0n) is 11.1. The summed E-state index contributed by atoms with van der Waals surface area (Å²) in [4.78, 5) is 19.3. The standard InChI is InChI=1S/C15H15N3O2/c1-10(16-9-11-5-4-8-20-11)14-17-13-7-3-2-6-12(13)15(19)18-14/h2-8,10,16H,9H2,1H3,(H,17,18,19)/t10-/m1/s1. The van der Waals surface area contributed by atoms with Gasteiger partial charge in [-0.05, 0) is 31.2 Å². The van der Waals surface area contributed by atoms with Crippen LogP contribution in [0.2, 0.25) is 0 Å². The van der Waals surface area contributed by atoms with Crippen LogP contribution in [-0.2, 0) is 6.54 Å². The van der Waals surface area contributed by atoms with Crippen LogP contribution in [0.3, 0.4) is 0 Å². The molecule has 5 nitrogen and oxygen atoms in total. The number of fused-ring (bicyclic) bond motifs is 1. The van der Waals surface area contributed by atoms with Crippen LogP contribution >= 0.6 is 0 Å². The lowest BCUT2D eigenvalue weighted by Crippen LogP contribution is -2.23. The van der Waals surface area contributed by atoms with Crippen molar-refractivity contribution in [1.82, 2.24) is 15.3 Å². The van der Waals surface area contributed by atoms with Crippen molar-refractivity contribution in [1.29, 1.82) is 0 Å². The normalized spacial score (nSPS) is 12.7. The summed E-state index contributed by atoms with van der Waals surface area (Å²) in [6, 6.07) is 11.0. The van der Waals surface area contributed by atoms with Gasteiger partial charge in [0.25, 0.3) is 5.56 Å². The van der Waals surface area contributed by atoms with Crippen LogP contribution in [0.5, 0.6) is 0 Å². The highest BCUT2D eigenvalue weighted by Crippen LogP contribution is 2.11. The second-order valence-electron chi connectivity index (χ2n) is 4.65. The number of aromatic nitrogens is 2. The number of aromatic amines is 1. The molecule has 5 heteroatoms. The summed E-state index contributed by atoms with van der Waals surface area (Å²) in [6.45, 7) is 2.54. The summed E-state index contributed by atoms with van der Waals surface area (Å²) in [5, 5.41) is 3.87. The summed E-state index contributed by atoms with van der Waals surface area (Å²) in [7, 11) is 0. The molecule has 20 heavy (non-hydrogen) atoms. The van der Waals surface area contributed by atoms with E-state index in [2.05, 4.69) is 15.3 Å². The van der Waals surface area contributed by atoms with Crippen LogP contribution in [0.4, 0.5) is 0 Å². The van der Waals surface area contributed by atoms with Crippen molar-refractivity contribution < 1.29 is 4.42 Å². The third kappa shape index (κ3) is 2.48. The topological polar surface area (TPSA) is 70.9 Å². The van der Waals surface area contributed by atoms with Gasteiger partial charge in [0.2, 0.25) is 0 Å². The van der Waals surface area contributed by atoms with Gasteiger partial charge in [-0.25, -0.2) is 4.98 Å². The Morgan fingerprint density at radius 3 is 2.95 bits per heavy atom. The highest BCUT2D eigenvalue weighted by atomic mass is 16.3. The molecule has 0 spiro atoms. The van der Waals surface area contributed by atoms with Gasteiger partial charge in [0.15, 0.2) is 0 Å². The van der Waals surface area contributed by atoms with E-state index in [9.17, 15) is 4.79 Å². The average molecular weight is 269 g/mol. The van der Waals surface area contributed by atoms with Crippen molar-refractivity contribution in [2.45, 2.75) is 19.5 Å². The smallest absolute Gasteiger partial charge is 0.258 e. The lowest BCUT2D eigenvalue weighted by Gasteiger charge is -2.12. The fourth-order valence-corrected chi connectivity index (χ4v) is 2.07. The highest BCUT2D eigenvalue weighted by Gasteiger charge is 2.10. The Labute approximate surface area is 115 Å². The summed E-state index contributed by atoms with van der Waals surface area (Å²) < 4.78 is 5.26. The largest absolute Gasteiger partial charge is 0.468 e. The number of nitrogens with zero attached hydrogens (tertiary/aromatic N) is 1. The molecule has 2 aromatic heterocycles. The molecule has 0 unspecified atom stereocenters. The molecule has 2 heterocycles. The number of para-hydroxylation sites is 1. The molecule has 0 aliphatic heterocycles. The second-order valence-corrected chi connectivity index (χ2v) is 4.65. The Hall–Kier alpha value is -2.40. The maximum atomic E-state index is 12.0. The summed E-state index contributed by atoms with van der Waals surface area (Å²) >= 11 is 0. The fourth-order valence-electron chi connectivity index (χ4n) is 2.07. The molecule has 3 rings (SSSR count). The van der Waals surface area contributed by atoms with Gasteiger partial charge in [-0.2, -0.15) is 0 Å². The van der Waals surface area contributed by atoms with Crippen LogP contribution in [0.15, 0.2) is 51.9 Å². The highest BCUT2D eigenvalue weighted by molar-refractivity contribution is 5.77. The van der Waals surface area contributed by atoms with Gasteiger partial charge < -0.3 is 14.7 Å². The molecule has 1 aromatic carbocycles. The Morgan fingerprint density at radius 1 is 1.30 bits per heavy atom. The second kappa shape index (κ2) is 5.30. The van der Waals surface area contributed by atoms with E-state index in [1.165, 1.54) is 0 Å². The first-order valence-corrected chi connectivity index (χ1v) is 6.49. The molecule has 0 saturated heterocycles. The van der Waals surface area contributed by atoms with Crippen molar-refractivity contribution in [2.75, 3.05) is 0 Å². The van der Waals surface area contributed by atoms with Gasteiger partial charge in [-0.3, -0.25) is 4.79 Å². The van der Waals surface area contributed by atoms with Crippen LogP contribution in [0.1, 0.15) is 24.6 Å². The first-order valence-electron chi connectivity index (χ1n) is 6.49. The van der Waals surface area contributed by atoms with E-state index >= 15 is 0 Å². The van der Waals surface area contributed by atoms with Crippen LogP contribution in [-0.4, -0.2) is 9.97 Å². The van der Waals surface area contributed by atoms with Crippen molar-refractivity contribution >= 4 is 10.9 Å². The van der Waals surface area contributed by atoms with E-state index in [1.54, 1.807) is 12.3 Å². The molecule has 102 valence electrons. The van der Waals surface area contributed by atoms with Crippen molar-refractivity contribution in [2.24, 2.45) is 0 Å². The molecule has 1 atom stereocenters. The Morgan fingerprint density at radius 2 is 2.15 bits per heavy atom. The van der Waals surface area contributed by atoms with E-state index in [0.29, 0.717) is 23.3 Å².